The zero-order valence-electron chi connectivity index (χ0n) is 40.8. The lowest BCUT2D eigenvalue weighted by Crippen LogP contribution is -2.26. The van der Waals surface area contributed by atoms with Gasteiger partial charge in [-0.05, 0) is 140 Å². The van der Waals surface area contributed by atoms with E-state index >= 15 is 0 Å². The standard InChI is InChI=1S/C61H67N3/c1-57(2,3)40-19-27-44(28-20-40)62(45-29-21-41(22-30-45)58(4,5)6)48-35-36-54-50(37-48)51-38-49(39-53-56(51)64(54)55-18-16-15-17-52(55)61(53,13)14)63(46-31-23-42(24-32-46)59(7,8)9)47-33-25-43(26-34-47)60(10,11)12/h15-39H,1-14H3. The molecule has 0 saturated carbocycles. The maximum atomic E-state index is 2.54. The van der Waals surface area contributed by atoms with Crippen molar-refractivity contribution in [3.05, 3.63) is 185 Å². The fourth-order valence-corrected chi connectivity index (χ4v) is 9.79. The fraction of sp³-hybridized carbons (Fsp3) is 0.311. The van der Waals surface area contributed by atoms with Crippen LogP contribution >= 0.6 is 0 Å². The number of hydrogen-bond donors (Lipinski definition) is 0. The third kappa shape index (κ3) is 7.51. The highest BCUT2D eigenvalue weighted by Crippen LogP contribution is 2.51. The van der Waals surface area contributed by atoms with E-state index in [9.17, 15) is 0 Å². The number of fused-ring (bicyclic) bond motifs is 5. The van der Waals surface area contributed by atoms with Crippen molar-refractivity contribution in [2.24, 2.45) is 0 Å². The van der Waals surface area contributed by atoms with Crippen molar-refractivity contribution in [1.29, 1.82) is 0 Å². The highest BCUT2D eigenvalue weighted by atomic mass is 15.2. The van der Waals surface area contributed by atoms with Crippen LogP contribution in [0.4, 0.5) is 34.1 Å². The van der Waals surface area contributed by atoms with Crippen molar-refractivity contribution >= 4 is 55.9 Å². The number of rotatable bonds is 6. The Bertz CT molecular complexity index is 2890. The summed E-state index contributed by atoms with van der Waals surface area (Å²) in [6, 6.07) is 57.9. The molecule has 0 saturated heterocycles. The predicted octanol–water partition coefficient (Wildman–Crippen LogP) is 17.6. The normalized spacial score (nSPS) is 13.9. The Morgan fingerprint density at radius 3 is 1.12 bits per heavy atom. The molecular formula is C61H67N3. The molecule has 0 bridgehead atoms. The summed E-state index contributed by atoms with van der Waals surface area (Å²) in [7, 11) is 0. The van der Waals surface area contributed by atoms with Gasteiger partial charge in [-0.25, -0.2) is 0 Å². The highest BCUT2D eigenvalue weighted by molar-refractivity contribution is 6.14. The molecule has 0 aliphatic carbocycles. The molecule has 326 valence electrons. The Morgan fingerprint density at radius 1 is 0.359 bits per heavy atom. The van der Waals surface area contributed by atoms with Gasteiger partial charge >= 0.3 is 0 Å². The number of aromatic nitrogens is 1. The minimum Gasteiger partial charge on any atom is -0.310 e. The summed E-state index contributed by atoms with van der Waals surface area (Å²) in [5, 5.41) is 2.48. The Balaban J connectivity index is 1.32. The lowest BCUT2D eigenvalue weighted by molar-refractivity contribution is 0.590. The molecule has 3 heteroatoms. The molecule has 1 aromatic heterocycles. The minimum atomic E-state index is -0.258. The predicted molar refractivity (Wildman–Crippen MR) is 277 cm³/mol. The molecule has 0 radical (unpaired) electrons. The highest BCUT2D eigenvalue weighted by Gasteiger charge is 2.36. The summed E-state index contributed by atoms with van der Waals surface area (Å²) in [6.07, 6.45) is 0. The molecule has 1 aliphatic heterocycles. The van der Waals surface area contributed by atoms with Gasteiger partial charge < -0.3 is 14.4 Å². The number of benzene rings is 7. The van der Waals surface area contributed by atoms with Crippen LogP contribution in [0.3, 0.4) is 0 Å². The van der Waals surface area contributed by atoms with Crippen LogP contribution in [0.5, 0.6) is 0 Å². The maximum Gasteiger partial charge on any atom is 0.0583 e. The molecule has 64 heavy (non-hydrogen) atoms. The number of nitrogens with zero attached hydrogens (tertiary/aromatic N) is 3. The lowest BCUT2D eigenvalue weighted by atomic mass is 9.74. The SMILES string of the molecule is CC(C)(C)c1ccc(N(c2ccc(C(C)(C)C)cc2)c2ccc3c(c2)c2cc(N(c4ccc(C(C)(C)C)cc4)c4ccc(C(C)(C)C)cc4)cc4c2n3-c2ccccc2C4(C)C)cc1. The van der Waals surface area contributed by atoms with Crippen LogP contribution in [0.2, 0.25) is 0 Å². The molecular weight excluding hydrogens is 775 g/mol. The van der Waals surface area contributed by atoms with E-state index in [-0.39, 0.29) is 27.1 Å². The van der Waals surface area contributed by atoms with Gasteiger partial charge in [0, 0.05) is 50.3 Å². The van der Waals surface area contributed by atoms with E-state index in [1.165, 1.54) is 60.9 Å². The average Bonchev–Trinajstić information content (AvgIpc) is 3.56. The third-order valence-corrected chi connectivity index (χ3v) is 13.8. The van der Waals surface area contributed by atoms with Gasteiger partial charge in [-0.15, -0.1) is 0 Å². The smallest absolute Gasteiger partial charge is 0.0583 e. The summed E-state index contributed by atoms with van der Waals surface area (Å²) in [5.41, 5.74) is 18.5. The summed E-state index contributed by atoms with van der Waals surface area (Å²) in [5.74, 6) is 0. The Kier molecular flexibility index (Phi) is 10.1. The molecule has 0 unspecified atom stereocenters. The van der Waals surface area contributed by atoms with Gasteiger partial charge in [-0.2, -0.15) is 0 Å². The van der Waals surface area contributed by atoms with Crippen LogP contribution in [0, 0.1) is 0 Å². The van der Waals surface area contributed by atoms with Crippen molar-refractivity contribution in [3.63, 3.8) is 0 Å². The van der Waals surface area contributed by atoms with Crippen molar-refractivity contribution in [2.75, 3.05) is 9.80 Å². The molecule has 0 N–H and O–H groups in total. The van der Waals surface area contributed by atoms with Crippen molar-refractivity contribution in [1.82, 2.24) is 4.57 Å². The van der Waals surface area contributed by atoms with Gasteiger partial charge in [0.15, 0.2) is 0 Å². The molecule has 0 amide bonds. The second-order valence-electron chi connectivity index (χ2n) is 22.9. The summed E-state index contributed by atoms with van der Waals surface area (Å²) < 4.78 is 2.54. The van der Waals surface area contributed by atoms with Gasteiger partial charge in [-0.3, -0.25) is 0 Å². The van der Waals surface area contributed by atoms with Gasteiger partial charge in [0.1, 0.15) is 0 Å². The molecule has 1 aliphatic rings. The van der Waals surface area contributed by atoms with E-state index in [0.717, 1.165) is 34.1 Å². The Labute approximate surface area is 383 Å². The summed E-state index contributed by atoms with van der Waals surface area (Å²) in [6.45, 7) is 32.2. The fourth-order valence-electron chi connectivity index (χ4n) is 9.79. The van der Waals surface area contributed by atoms with Gasteiger partial charge in [-0.1, -0.05) is 164 Å². The van der Waals surface area contributed by atoms with Crippen molar-refractivity contribution < 1.29 is 0 Å². The molecule has 0 atom stereocenters. The van der Waals surface area contributed by atoms with E-state index < -0.39 is 0 Å². The van der Waals surface area contributed by atoms with E-state index in [0.29, 0.717) is 0 Å². The summed E-state index contributed by atoms with van der Waals surface area (Å²) in [4.78, 5) is 4.90. The first-order valence-corrected chi connectivity index (χ1v) is 23.3. The quantitative estimate of drug-likeness (QED) is 0.165. The summed E-state index contributed by atoms with van der Waals surface area (Å²) >= 11 is 0. The monoisotopic (exact) mass is 842 g/mol. The topological polar surface area (TPSA) is 11.4 Å². The second kappa shape index (κ2) is 15.0. The maximum absolute atomic E-state index is 2.54. The zero-order chi connectivity index (χ0) is 45.7. The van der Waals surface area contributed by atoms with Crippen LogP contribution in [0.15, 0.2) is 152 Å². The zero-order valence-corrected chi connectivity index (χ0v) is 40.8. The minimum absolute atomic E-state index is 0.0505. The average molecular weight is 842 g/mol. The first-order chi connectivity index (χ1) is 30.0. The van der Waals surface area contributed by atoms with Crippen LogP contribution in [-0.2, 0) is 27.1 Å². The third-order valence-electron chi connectivity index (χ3n) is 13.8. The lowest BCUT2D eigenvalue weighted by Gasteiger charge is -2.36. The van der Waals surface area contributed by atoms with Crippen LogP contribution < -0.4 is 9.80 Å². The van der Waals surface area contributed by atoms with E-state index in [1.807, 2.05) is 0 Å². The van der Waals surface area contributed by atoms with Crippen molar-refractivity contribution in [2.45, 2.75) is 124 Å². The molecule has 8 aromatic rings. The number of para-hydroxylation sites is 1. The number of anilines is 6. The Hall–Kier alpha value is -6.06. The molecule has 7 aromatic carbocycles. The molecule has 3 nitrogen and oxygen atoms in total. The largest absolute Gasteiger partial charge is 0.310 e. The van der Waals surface area contributed by atoms with Crippen LogP contribution in [0.1, 0.15) is 130 Å². The van der Waals surface area contributed by atoms with Crippen LogP contribution in [0.25, 0.3) is 27.5 Å². The first-order valence-electron chi connectivity index (χ1n) is 23.3. The molecule has 9 rings (SSSR count). The van der Waals surface area contributed by atoms with E-state index in [1.54, 1.807) is 0 Å². The molecule has 2 heterocycles. The van der Waals surface area contributed by atoms with E-state index in [4.69, 9.17) is 0 Å². The van der Waals surface area contributed by atoms with Gasteiger partial charge in [0.05, 0.1) is 16.7 Å². The van der Waals surface area contributed by atoms with Crippen molar-refractivity contribution in [3.8, 4) is 5.69 Å². The second-order valence-corrected chi connectivity index (χ2v) is 22.9. The van der Waals surface area contributed by atoms with Gasteiger partial charge in [0.25, 0.3) is 0 Å². The molecule has 0 spiro atoms. The Morgan fingerprint density at radius 2 is 0.719 bits per heavy atom. The van der Waals surface area contributed by atoms with Crippen LogP contribution in [-0.4, -0.2) is 4.57 Å². The van der Waals surface area contributed by atoms with E-state index in [2.05, 4.69) is 263 Å². The van der Waals surface area contributed by atoms with Gasteiger partial charge in [0.2, 0.25) is 0 Å². The molecule has 0 fully saturated rings. The number of hydrogen-bond acceptors (Lipinski definition) is 2. The first kappa shape index (κ1) is 43.2.